The van der Waals surface area contributed by atoms with Crippen LogP contribution in [0.3, 0.4) is 0 Å². The molecule has 37 heavy (non-hydrogen) atoms. The minimum Gasteiger partial charge on any atom is -0.468 e. The van der Waals surface area contributed by atoms with Gasteiger partial charge in [-0.3, -0.25) is 14.5 Å². The van der Waals surface area contributed by atoms with Crippen LogP contribution in [0.15, 0.2) is 68.0 Å². The lowest BCUT2D eigenvalue weighted by Crippen LogP contribution is -2.38. The van der Waals surface area contributed by atoms with Crippen LogP contribution in [-0.4, -0.2) is 27.6 Å². The molecule has 1 atom stereocenters. The summed E-state index contributed by atoms with van der Waals surface area (Å²) in [6.45, 7) is 4.02. The molecule has 0 fully saturated rings. The van der Waals surface area contributed by atoms with Gasteiger partial charge in [0.25, 0.3) is 0 Å². The first-order valence-electron chi connectivity index (χ1n) is 11.7. The number of thioether (sulfide) groups is 1. The molecule has 3 heterocycles. The van der Waals surface area contributed by atoms with E-state index in [1.807, 2.05) is 32.0 Å². The molecule has 188 valence electrons. The van der Waals surface area contributed by atoms with Gasteiger partial charge in [-0.15, -0.1) is 10.2 Å². The zero-order chi connectivity index (χ0) is 26.1. The van der Waals surface area contributed by atoms with Crippen LogP contribution in [0.5, 0.6) is 0 Å². The van der Waals surface area contributed by atoms with Gasteiger partial charge in [0.1, 0.15) is 11.6 Å². The Morgan fingerprint density at radius 3 is 2.86 bits per heavy atom. The highest BCUT2D eigenvalue weighted by atomic mass is 32.2. The summed E-state index contributed by atoms with van der Waals surface area (Å²) >= 11 is 2.52. The first-order chi connectivity index (χ1) is 17.9. The number of nitriles is 1. The van der Waals surface area contributed by atoms with E-state index in [1.54, 1.807) is 17.0 Å². The summed E-state index contributed by atoms with van der Waals surface area (Å²) in [4.78, 5) is 27.2. The molecule has 1 aliphatic carbocycles. The summed E-state index contributed by atoms with van der Waals surface area (Å²) in [7, 11) is 0. The molecule has 3 aromatic rings. The van der Waals surface area contributed by atoms with Crippen LogP contribution < -0.4 is 16.0 Å². The Labute approximate surface area is 222 Å². The maximum atomic E-state index is 13.1. The number of nitrogens with one attached hydrogen (secondary N) is 1. The molecule has 0 bridgehead atoms. The molecule has 11 heteroatoms. The number of nitrogens with two attached hydrogens (primary N) is 1. The summed E-state index contributed by atoms with van der Waals surface area (Å²) in [6.07, 6.45) is 3.20. The third-order valence-corrected chi connectivity index (χ3v) is 8.49. The van der Waals surface area contributed by atoms with Gasteiger partial charge in [-0.2, -0.15) is 5.26 Å². The number of amides is 1. The number of Topliss-reactive ketones (excluding diaryl/α,β-unsaturated/α-hetero) is 1. The van der Waals surface area contributed by atoms with Crippen molar-refractivity contribution in [3.05, 3.63) is 76.1 Å². The molecule has 1 aromatic carbocycles. The fraction of sp³-hybridized carbons (Fsp3) is 0.269. The van der Waals surface area contributed by atoms with Crippen LogP contribution >= 0.6 is 23.1 Å². The Hall–Kier alpha value is -3.88. The molecule has 0 spiro atoms. The van der Waals surface area contributed by atoms with E-state index in [2.05, 4.69) is 21.6 Å². The van der Waals surface area contributed by atoms with Crippen molar-refractivity contribution >= 4 is 45.6 Å². The number of aryl methyl sites for hydroxylation is 2. The summed E-state index contributed by atoms with van der Waals surface area (Å²) in [6, 6.07) is 11.4. The lowest BCUT2D eigenvalue weighted by atomic mass is 9.78. The van der Waals surface area contributed by atoms with Gasteiger partial charge in [-0.25, -0.2) is 0 Å². The molecule has 0 radical (unpaired) electrons. The summed E-state index contributed by atoms with van der Waals surface area (Å²) in [5.41, 5.74) is 11.0. The van der Waals surface area contributed by atoms with E-state index < -0.39 is 5.92 Å². The lowest BCUT2D eigenvalue weighted by molar-refractivity contribution is -0.116. The average Bonchev–Trinajstić information content (AvgIpc) is 3.57. The number of furan rings is 1. The highest BCUT2D eigenvalue weighted by Gasteiger charge is 2.42. The second kappa shape index (κ2) is 10.2. The van der Waals surface area contributed by atoms with Gasteiger partial charge in [0.05, 0.1) is 29.6 Å². The standard InChI is InChI=1S/C26H24N6O3S2/c1-14-8-9-16(11-15(14)2)29-21(34)13-36-26-31-30-25(37-26)32-18-5-3-6-19(33)23(18)22(17(12-27)24(32)28)20-7-4-10-35-20/h4,7-11,22H,3,5-6,13,28H2,1-2H3,(H,29,34). The number of hydrogen-bond acceptors (Lipinski definition) is 10. The molecule has 0 saturated carbocycles. The average molecular weight is 533 g/mol. The molecular weight excluding hydrogens is 508 g/mol. The fourth-order valence-corrected chi connectivity index (χ4v) is 6.22. The third kappa shape index (κ3) is 4.77. The molecule has 9 nitrogen and oxygen atoms in total. The Morgan fingerprint density at radius 2 is 2.14 bits per heavy atom. The van der Waals surface area contributed by atoms with Gasteiger partial charge in [0.15, 0.2) is 10.1 Å². The molecule has 0 saturated heterocycles. The zero-order valence-electron chi connectivity index (χ0n) is 20.3. The summed E-state index contributed by atoms with van der Waals surface area (Å²) in [5, 5.41) is 21.9. The largest absolute Gasteiger partial charge is 0.468 e. The number of nitrogens with zero attached hydrogens (tertiary/aromatic N) is 4. The zero-order valence-corrected chi connectivity index (χ0v) is 21.9. The number of carbonyl (C=O) groups is 2. The minimum atomic E-state index is -0.644. The topological polar surface area (TPSA) is 138 Å². The Balaban J connectivity index is 1.38. The van der Waals surface area contributed by atoms with Crippen molar-refractivity contribution in [1.82, 2.24) is 10.2 Å². The fourth-order valence-electron chi connectivity index (χ4n) is 4.54. The van der Waals surface area contributed by atoms with Gasteiger partial charge in [0, 0.05) is 23.4 Å². The van der Waals surface area contributed by atoms with Crippen molar-refractivity contribution in [2.75, 3.05) is 16.0 Å². The molecule has 1 aliphatic heterocycles. The number of hydrogen-bond donors (Lipinski definition) is 2. The summed E-state index contributed by atoms with van der Waals surface area (Å²) in [5.74, 6) is 0.0366. The molecular formula is C26H24N6O3S2. The number of allylic oxidation sites excluding steroid dienone is 3. The van der Waals surface area contributed by atoms with Gasteiger partial charge < -0.3 is 15.5 Å². The lowest BCUT2D eigenvalue weighted by Gasteiger charge is -2.37. The normalized spacial score (nSPS) is 17.6. The van der Waals surface area contributed by atoms with Crippen molar-refractivity contribution in [2.45, 2.75) is 43.4 Å². The van der Waals surface area contributed by atoms with E-state index in [1.165, 1.54) is 29.4 Å². The third-order valence-electron chi connectivity index (χ3n) is 6.45. The van der Waals surface area contributed by atoms with Crippen molar-refractivity contribution in [1.29, 1.82) is 5.26 Å². The quantitative estimate of drug-likeness (QED) is 0.429. The SMILES string of the molecule is Cc1ccc(NC(=O)CSc2nnc(N3C(N)=C(C#N)C(c4ccco4)C4=C3CCCC4=O)s2)cc1C. The molecule has 5 rings (SSSR count). The van der Waals surface area contributed by atoms with Gasteiger partial charge in [0.2, 0.25) is 11.0 Å². The predicted molar refractivity (Wildman–Crippen MR) is 142 cm³/mol. The van der Waals surface area contributed by atoms with Crippen molar-refractivity contribution < 1.29 is 14.0 Å². The van der Waals surface area contributed by atoms with Crippen molar-refractivity contribution in [3.8, 4) is 6.07 Å². The predicted octanol–water partition coefficient (Wildman–Crippen LogP) is 4.78. The van der Waals surface area contributed by atoms with Crippen molar-refractivity contribution in [2.24, 2.45) is 5.73 Å². The van der Waals surface area contributed by atoms with Crippen LogP contribution in [-0.2, 0) is 9.59 Å². The Kier molecular flexibility index (Phi) is 6.86. The summed E-state index contributed by atoms with van der Waals surface area (Å²) < 4.78 is 6.17. The molecule has 3 N–H and O–H groups in total. The van der Waals surface area contributed by atoms with Crippen LogP contribution in [0.2, 0.25) is 0 Å². The number of ketones is 1. The highest BCUT2D eigenvalue weighted by Crippen LogP contribution is 2.47. The minimum absolute atomic E-state index is 0.0324. The smallest absolute Gasteiger partial charge is 0.234 e. The van der Waals surface area contributed by atoms with Gasteiger partial charge in [-0.1, -0.05) is 29.2 Å². The number of aromatic nitrogens is 2. The second-order valence-electron chi connectivity index (χ2n) is 8.82. The first kappa shape index (κ1) is 24.8. The number of carbonyl (C=O) groups excluding carboxylic acids is 2. The molecule has 2 aliphatic rings. The molecule has 2 aromatic heterocycles. The van der Waals surface area contributed by atoms with Crippen LogP contribution in [0.1, 0.15) is 42.1 Å². The molecule has 1 unspecified atom stereocenters. The highest BCUT2D eigenvalue weighted by molar-refractivity contribution is 8.01. The number of benzene rings is 1. The first-order valence-corrected chi connectivity index (χ1v) is 13.5. The van der Waals surface area contributed by atoms with E-state index >= 15 is 0 Å². The molecule has 1 amide bonds. The van der Waals surface area contributed by atoms with E-state index in [0.717, 1.165) is 16.8 Å². The van der Waals surface area contributed by atoms with E-state index in [0.29, 0.717) is 45.8 Å². The maximum absolute atomic E-state index is 13.1. The number of anilines is 2. The van der Waals surface area contributed by atoms with E-state index in [9.17, 15) is 14.9 Å². The van der Waals surface area contributed by atoms with Crippen LogP contribution in [0.4, 0.5) is 10.8 Å². The Bertz CT molecular complexity index is 1480. The van der Waals surface area contributed by atoms with Gasteiger partial charge >= 0.3 is 0 Å². The monoisotopic (exact) mass is 532 g/mol. The second-order valence-corrected chi connectivity index (χ2v) is 11.0. The van der Waals surface area contributed by atoms with E-state index in [-0.39, 0.29) is 28.8 Å². The van der Waals surface area contributed by atoms with Crippen LogP contribution in [0.25, 0.3) is 0 Å². The van der Waals surface area contributed by atoms with Crippen LogP contribution in [0, 0.1) is 25.2 Å². The van der Waals surface area contributed by atoms with Gasteiger partial charge in [-0.05, 0) is 62.1 Å². The Morgan fingerprint density at radius 1 is 1.30 bits per heavy atom. The number of rotatable bonds is 6. The van der Waals surface area contributed by atoms with Crippen molar-refractivity contribution in [3.63, 3.8) is 0 Å². The maximum Gasteiger partial charge on any atom is 0.234 e. The van der Waals surface area contributed by atoms with E-state index in [4.69, 9.17) is 10.2 Å².